The first-order valence-corrected chi connectivity index (χ1v) is 4.45. The molecule has 0 saturated carbocycles. The fourth-order valence-corrected chi connectivity index (χ4v) is 0.945. The lowest BCUT2D eigenvalue weighted by Gasteiger charge is -2.03. The zero-order valence-corrected chi connectivity index (χ0v) is 8.88. The molecule has 0 aliphatic carbocycles. The van der Waals surface area contributed by atoms with Crippen LogP contribution in [-0.4, -0.2) is 18.1 Å². The van der Waals surface area contributed by atoms with Crippen LogP contribution in [0.2, 0.25) is 0 Å². The third kappa shape index (κ3) is 2.69. The van der Waals surface area contributed by atoms with Crippen LogP contribution in [0.15, 0.2) is 16.6 Å². The summed E-state index contributed by atoms with van der Waals surface area (Å²) >= 11 is 3.29. The Kier molecular flexibility index (Phi) is 3.25. The average Bonchev–Trinajstić information content (AvgIpc) is 2.11. The van der Waals surface area contributed by atoms with E-state index < -0.39 is 6.09 Å². The summed E-state index contributed by atoms with van der Waals surface area (Å²) in [6, 6.07) is 3.40. The highest BCUT2D eigenvalue weighted by Crippen LogP contribution is 2.17. The summed E-state index contributed by atoms with van der Waals surface area (Å²) in [5, 5.41) is 2.33. The Morgan fingerprint density at radius 1 is 1.62 bits per heavy atom. The zero-order chi connectivity index (χ0) is 9.84. The molecular weight excluding hydrogens is 236 g/mol. The van der Waals surface area contributed by atoms with Crippen molar-refractivity contribution < 1.29 is 9.53 Å². The molecule has 13 heavy (non-hydrogen) atoms. The van der Waals surface area contributed by atoms with E-state index in [0.29, 0.717) is 5.88 Å². The first-order chi connectivity index (χ1) is 6.13. The number of hydrogen-bond acceptors (Lipinski definition) is 3. The third-order valence-corrected chi connectivity index (χ3v) is 2.24. The molecule has 0 saturated heterocycles. The highest BCUT2D eigenvalue weighted by atomic mass is 79.9. The largest absolute Gasteiger partial charge is 0.413 e. The minimum Gasteiger partial charge on any atom is -0.391 e. The fraction of sp³-hybridized carbons (Fsp3) is 0.250. The van der Waals surface area contributed by atoms with Gasteiger partial charge in [0, 0.05) is 17.6 Å². The van der Waals surface area contributed by atoms with Gasteiger partial charge in [0.2, 0.25) is 5.88 Å². The summed E-state index contributed by atoms with van der Waals surface area (Å²) in [6.07, 6.45) is -0.519. The Morgan fingerprint density at radius 2 is 2.31 bits per heavy atom. The number of nitrogens with one attached hydrogen (secondary N) is 1. The summed E-state index contributed by atoms with van der Waals surface area (Å²) in [6.45, 7) is 1.82. The maximum Gasteiger partial charge on any atom is 0.413 e. The van der Waals surface area contributed by atoms with Crippen LogP contribution in [0.3, 0.4) is 0 Å². The second kappa shape index (κ2) is 4.23. The molecule has 0 radical (unpaired) electrons. The van der Waals surface area contributed by atoms with Crippen molar-refractivity contribution in [2.24, 2.45) is 0 Å². The molecule has 1 aromatic heterocycles. The minimum absolute atomic E-state index is 0.292. The number of amides is 1. The van der Waals surface area contributed by atoms with Gasteiger partial charge in [-0.25, -0.2) is 9.78 Å². The lowest BCUT2D eigenvalue weighted by molar-refractivity contribution is 0.201. The van der Waals surface area contributed by atoms with Gasteiger partial charge in [0.25, 0.3) is 0 Å². The number of ether oxygens (including phenoxy) is 1. The number of rotatable bonds is 1. The van der Waals surface area contributed by atoms with E-state index in [9.17, 15) is 4.79 Å². The third-order valence-electron chi connectivity index (χ3n) is 1.40. The lowest BCUT2D eigenvalue weighted by Crippen LogP contribution is -2.22. The van der Waals surface area contributed by atoms with E-state index in [1.165, 1.54) is 7.05 Å². The normalized spacial score (nSPS) is 9.46. The number of carbonyl (C=O) groups is 1. The number of hydrogen-bond donors (Lipinski definition) is 1. The smallest absolute Gasteiger partial charge is 0.391 e. The fourth-order valence-electron chi connectivity index (χ4n) is 0.724. The van der Waals surface area contributed by atoms with Crippen molar-refractivity contribution in [3.63, 3.8) is 0 Å². The Bertz CT molecular complexity index is 328. The Morgan fingerprint density at radius 3 is 2.85 bits per heavy atom. The van der Waals surface area contributed by atoms with Gasteiger partial charge in [-0.05, 0) is 28.9 Å². The van der Waals surface area contributed by atoms with Gasteiger partial charge in [-0.3, -0.25) is 0 Å². The maximum atomic E-state index is 10.8. The van der Waals surface area contributed by atoms with E-state index in [1.54, 1.807) is 12.1 Å². The van der Waals surface area contributed by atoms with Crippen molar-refractivity contribution in [3.05, 3.63) is 22.3 Å². The molecule has 0 aliphatic heterocycles. The Balaban J connectivity index is 2.79. The van der Waals surface area contributed by atoms with Gasteiger partial charge in [-0.2, -0.15) is 0 Å². The predicted octanol–water partition coefficient (Wildman–Crippen LogP) is 1.87. The van der Waals surface area contributed by atoms with E-state index in [4.69, 9.17) is 4.74 Å². The quantitative estimate of drug-likeness (QED) is 0.821. The van der Waals surface area contributed by atoms with Gasteiger partial charge >= 0.3 is 6.09 Å². The molecule has 0 fully saturated rings. The number of carbonyl (C=O) groups excluding carboxylic acids is 1. The predicted molar refractivity (Wildman–Crippen MR) is 51.8 cm³/mol. The van der Waals surface area contributed by atoms with Crippen molar-refractivity contribution in [1.82, 2.24) is 10.3 Å². The molecule has 1 amide bonds. The second-order valence-electron chi connectivity index (χ2n) is 2.36. The Hall–Kier alpha value is -1.10. The van der Waals surface area contributed by atoms with E-state index in [-0.39, 0.29) is 0 Å². The molecule has 0 bridgehead atoms. The monoisotopic (exact) mass is 244 g/mol. The molecule has 70 valence electrons. The van der Waals surface area contributed by atoms with Crippen LogP contribution >= 0.6 is 15.9 Å². The molecular formula is C8H9BrN2O2. The van der Waals surface area contributed by atoms with E-state index in [0.717, 1.165) is 10.2 Å². The van der Waals surface area contributed by atoms with Gasteiger partial charge in [0.15, 0.2) is 0 Å². The molecule has 1 aromatic rings. The summed E-state index contributed by atoms with van der Waals surface area (Å²) in [5.41, 5.74) is 0.779. The highest BCUT2D eigenvalue weighted by molar-refractivity contribution is 9.10. The molecule has 5 heteroatoms. The van der Waals surface area contributed by atoms with Crippen molar-refractivity contribution in [1.29, 1.82) is 0 Å². The highest BCUT2D eigenvalue weighted by Gasteiger charge is 2.03. The summed E-state index contributed by atoms with van der Waals surface area (Å²) in [5.74, 6) is 0.292. The van der Waals surface area contributed by atoms with Crippen LogP contribution in [0.4, 0.5) is 4.79 Å². The molecule has 0 atom stereocenters. The van der Waals surface area contributed by atoms with E-state index in [2.05, 4.69) is 26.2 Å². The summed E-state index contributed by atoms with van der Waals surface area (Å²) in [4.78, 5) is 14.8. The van der Waals surface area contributed by atoms with Crippen LogP contribution < -0.4 is 10.1 Å². The second-order valence-corrected chi connectivity index (χ2v) is 3.21. The van der Waals surface area contributed by atoms with Crippen molar-refractivity contribution >= 4 is 22.0 Å². The van der Waals surface area contributed by atoms with Crippen LogP contribution in [-0.2, 0) is 0 Å². The minimum atomic E-state index is -0.519. The van der Waals surface area contributed by atoms with Crippen molar-refractivity contribution in [2.75, 3.05) is 7.05 Å². The van der Waals surface area contributed by atoms with Crippen molar-refractivity contribution in [3.8, 4) is 5.88 Å². The van der Waals surface area contributed by atoms with Gasteiger partial charge in [0.1, 0.15) is 0 Å². The maximum absolute atomic E-state index is 10.8. The molecule has 1 heterocycles. The van der Waals surface area contributed by atoms with E-state index in [1.807, 2.05) is 6.92 Å². The van der Waals surface area contributed by atoms with Crippen LogP contribution in [0, 0.1) is 6.92 Å². The number of aryl methyl sites for hydroxylation is 1. The van der Waals surface area contributed by atoms with Crippen LogP contribution in [0.25, 0.3) is 0 Å². The number of aromatic nitrogens is 1. The zero-order valence-electron chi connectivity index (χ0n) is 7.30. The first kappa shape index (κ1) is 9.98. The van der Waals surface area contributed by atoms with E-state index >= 15 is 0 Å². The standard InChI is InChI=1S/C8H9BrN2O2/c1-5-6(9)3-4-7(11-5)13-8(12)10-2/h3-4H,1-2H3,(H,10,12). The average molecular weight is 245 g/mol. The van der Waals surface area contributed by atoms with Gasteiger partial charge in [0.05, 0.1) is 5.69 Å². The lowest BCUT2D eigenvalue weighted by atomic mass is 10.4. The molecule has 0 unspecified atom stereocenters. The summed E-state index contributed by atoms with van der Waals surface area (Å²) in [7, 11) is 1.49. The van der Waals surface area contributed by atoms with Gasteiger partial charge < -0.3 is 10.1 Å². The Labute approximate surface area is 84.4 Å². The molecule has 1 rings (SSSR count). The van der Waals surface area contributed by atoms with Gasteiger partial charge in [-0.1, -0.05) is 0 Å². The van der Waals surface area contributed by atoms with Crippen LogP contribution in [0.1, 0.15) is 5.69 Å². The topological polar surface area (TPSA) is 51.2 Å². The number of halogens is 1. The van der Waals surface area contributed by atoms with Crippen LogP contribution in [0.5, 0.6) is 5.88 Å². The molecule has 0 aliphatic rings. The van der Waals surface area contributed by atoms with Gasteiger partial charge in [-0.15, -0.1) is 0 Å². The molecule has 4 nitrogen and oxygen atoms in total. The number of nitrogens with zero attached hydrogens (tertiary/aromatic N) is 1. The van der Waals surface area contributed by atoms with Crippen molar-refractivity contribution in [2.45, 2.75) is 6.92 Å². The molecule has 0 spiro atoms. The first-order valence-electron chi connectivity index (χ1n) is 3.66. The molecule has 1 N–H and O–H groups in total. The SMILES string of the molecule is CNC(=O)Oc1ccc(Br)c(C)n1. The molecule has 0 aromatic carbocycles. The summed E-state index contributed by atoms with van der Waals surface area (Å²) < 4.78 is 5.70. The number of pyridine rings is 1.